The standard InChI is InChI=1S/C18H18F4N2OS2/c1-24-8-7-13(12(19)10-24)23-14-5-2-4-11-16(14)26-15(6-3-9-25)17(11)27-18(20,21)22/h2,4-5,12-13,23,25H,7-10H2,1H3/t12-,13+/m0/s1. The summed E-state index contributed by atoms with van der Waals surface area (Å²) >= 11 is 0.908. The maximum atomic E-state index is 14.4. The highest BCUT2D eigenvalue weighted by atomic mass is 32.2. The van der Waals surface area contributed by atoms with Gasteiger partial charge in [0.1, 0.15) is 12.8 Å². The molecule has 0 aliphatic carbocycles. The minimum atomic E-state index is -4.45. The molecule has 3 rings (SSSR count). The van der Waals surface area contributed by atoms with Gasteiger partial charge in [0.2, 0.25) is 0 Å². The Hall–Kier alpha value is -1.47. The van der Waals surface area contributed by atoms with Crippen molar-refractivity contribution in [2.75, 3.05) is 32.1 Å². The molecule has 1 saturated heterocycles. The van der Waals surface area contributed by atoms with Gasteiger partial charge in [0.25, 0.3) is 0 Å². The van der Waals surface area contributed by atoms with Gasteiger partial charge in [0.05, 0.1) is 26.2 Å². The summed E-state index contributed by atoms with van der Waals surface area (Å²) in [5.41, 5.74) is -3.85. The number of halogens is 4. The van der Waals surface area contributed by atoms with Gasteiger partial charge in [-0.2, -0.15) is 13.2 Å². The molecule has 3 nitrogen and oxygen atoms in total. The molecule has 1 aromatic carbocycles. The molecule has 1 fully saturated rings. The number of anilines is 1. The van der Waals surface area contributed by atoms with Crippen molar-refractivity contribution in [2.24, 2.45) is 0 Å². The third kappa shape index (κ3) is 4.88. The van der Waals surface area contributed by atoms with E-state index >= 15 is 0 Å². The van der Waals surface area contributed by atoms with Crippen LogP contribution in [0.3, 0.4) is 0 Å². The highest BCUT2D eigenvalue weighted by molar-refractivity contribution is 8.00. The quantitative estimate of drug-likeness (QED) is 0.442. The van der Waals surface area contributed by atoms with E-state index in [1.807, 2.05) is 11.9 Å². The second-order valence-corrected chi connectivity index (χ2v) is 8.36. The van der Waals surface area contributed by atoms with Crippen molar-refractivity contribution >= 4 is 38.9 Å². The summed E-state index contributed by atoms with van der Waals surface area (Å²) < 4.78 is 54.0. The third-order valence-corrected chi connectivity index (χ3v) is 6.40. The molecular formula is C18H18F4N2OS2. The molecule has 0 bridgehead atoms. The average Bonchev–Trinajstić information content (AvgIpc) is 2.92. The molecule has 146 valence electrons. The van der Waals surface area contributed by atoms with Crippen LogP contribution in [0.4, 0.5) is 23.2 Å². The number of thiophene rings is 1. The Morgan fingerprint density at radius 2 is 2.19 bits per heavy atom. The van der Waals surface area contributed by atoms with Crippen molar-refractivity contribution < 1.29 is 22.7 Å². The van der Waals surface area contributed by atoms with E-state index in [2.05, 4.69) is 17.2 Å². The number of alkyl halides is 4. The summed E-state index contributed by atoms with van der Waals surface area (Å²) in [5.74, 6) is 5.02. The predicted octanol–water partition coefficient (Wildman–Crippen LogP) is 4.31. The number of piperidine rings is 1. The van der Waals surface area contributed by atoms with Crippen LogP contribution in [0.25, 0.3) is 10.1 Å². The van der Waals surface area contributed by atoms with E-state index in [0.29, 0.717) is 28.7 Å². The SMILES string of the molecule is CN1CC[C@@H](Nc2cccc3c(SC(F)(F)F)c(C#CCO)sc23)[C@@H](F)C1. The third-order valence-electron chi connectivity index (χ3n) is 4.25. The van der Waals surface area contributed by atoms with E-state index in [4.69, 9.17) is 5.11 Å². The largest absolute Gasteiger partial charge is 0.446 e. The van der Waals surface area contributed by atoms with Gasteiger partial charge in [-0.1, -0.05) is 24.0 Å². The number of aliphatic hydroxyl groups is 1. The summed E-state index contributed by atoms with van der Waals surface area (Å²) in [6.45, 7) is 0.635. The van der Waals surface area contributed by atoms with E-state index in [1.165, 1.54) is 0 Å². The topological polar surface area (TPSA) is 35.5 Å². The predicted molar refractivity (Wildman–Crippen MR) is 102 cm³/mol. The summed E-state index contributed by atoms with van der Waals surface area (Å²) in [4.78, 5) is 2.18. The lowest BCUT2D eigenvalue weighted by atomic mass is 10.0. The second kappa shape index (κ2) is 8.27. The minimum Gasteiger partial charge on any atom is -0.384 e. The molecular weight excluding hydrogens is 400 g/mol. The van der Waals surface area contributed by atoms with Crippen LogP contribution in [0.1, 0.15) is 11.3 Å². The van der Waals surface area contributed by atoms with Gasteiger partial charge >= 0.3 is 5.51 Å². The van der Waals surface area contributed by atoms with Crippen LogP contribution in [0.2, 0.25) is 0 Å². The van der Waals surface area contributed by atoms with Crippen LogP contribution < -0.4 is 5.32 Å². The van der Waals surface area contributed by atoms with Crippen molar-refractivity contribution in [1.29, 1.82) is 0 Å². The van der Waals surface area contributed by atoms with Crippen molar-refractivity contribution in [3.05, 3.63) is 23.1 Å². The Balaban J connectivity index is 2.00. The van der Waals surface area contributed by atoms with Gasteiger partial charge in [-0.25, -0.2) is 4.39 Å². The Morgan fingerprint density at radius 3 is 2.85 bits per heavy atom. The molecule has 2 heterocycles. The molecule has 2 N–H and O–H groups in total. The summed E-state index contributed by atoms with van der Waals surface area (Å²) in [5, 5.41) is 12.5. The molecule has 1 aliphatic heterocycles. The molecule has 0 amide bonds. The maximum Gasteiger partial charge on any atom is 0.446 e. The van der Waals surface area contributed by atoms with E-state index in [9.17, 15) is 17.6 Å². The smallest absolute Gasteiger partial charge is 0.384 e. The van der Waals surface area contributed by atoms with Gasteiger partial charge in [-0.3, -0.25) is 0 Å². The fraction of sp³-hybridized carbons (Fsp3) is 0.444. The first-order valence-electron chi connectivity index (χ1n) is 8.28. The molecule has 1 aliphatic rings. The molecule has 0 radical (unpaired) electrons. The first-order chi connectivity index (χ1) is 12.8. The number of likely N-dealkylation sites (tertiary alicyclic amines) is 1. The highest BCUT2D eigenvalue weighted by Gasteiger charge is 2.33. The number of hydrogen-bond donors (Lipinski definition) is 2. The summed E-state index contributed by atoms with van der Waals surface area (Å²) in [6, 6.07) is 4.62. The summed E-state index contributed by atoms with van der Waals surface area (Å²) in [7, 11) is 1.86. The Kier molecular flexibility index (Phi) is 6.21. The van der Waals surface area contributed by atoms with Crippen LogP contribution in [0.15, 0.2) is 23.1 Å². The normalized spacial score (nSPS) is 21.1. The molecule has 0 unspecified atom stereocenters. The van der Waals surface area contributed by atoms with Crippen LogP contribution >= 0.6 is 23.1 Å². The van der Waals surface area contributed by atoms with Gasteiger partial charge < -0.3 is 15.3 Å². The number of nitrogens with one attached hydrogen (secondary N) is 1. The minimum absolute atomic E-state index is 0.0206. The highest BCUT2D eigenvalue weighted by Crippen LogP contribution is 2.47. The Morgan fingerprint density at radius 1 is 1.41 bits per heavy atom. The fourth-order valence-corrected chi connectivity index (χ4v) is 5.07. The lowest BCUT2D eigenvalue weighted by Crippen LogP contribution is -2.46. The zero-order valence-electron chi connectivity index (χ0n) is 14.4. The zero-order valence-corrected chi connectivity index (χ0v) is 16.1. The van der Waals surface area contributed by atoms with Gasteiger partial charge in [-0.15, -0.1) is 11.3 Å². The van der Waals surface area contributed by atoms with Crippen LogP contribution in [0, 0.1) is 11.8 Å². The first-order valence-corrected chi connectivity index (χ1v) is 9.92. The van der Waals surface area contributed by atoms with Gasteiger partial charge in [0.15, 0.2) is 0 Å². The van der Waals surface area contributed by atoms with E-state index < -0.39 is 18.3 Å². The number of hydrogen-bond acceptors (Lipinski definition) is 5. The van der Waals surface area contributed by atoms with Gasteiger partial charge in [0, 0.05) is 18.5 Å². The van der Waals surface area contributed by atoms with Crippen molar-refractivity contribution in [1.82, 2.24) is 4.90 Å². The number of rotatable bonds is 3. The molecule has 9 heteroatoms. The second-order valence-electron chi connectivity index (χ2n) is 6.27. The van der Waals surface area contributed by atoms with Crippen LogP contribution in [-0.2, 0) is 0 Å². The van der Waals surface area contributed by atoms with Crippen molar-refractivity contribution in [3.8, 4) is 11.8 Å². The Labute approximate surface area is 162 Å². The van der Waals surface area contributed by atoms with Crippen LogP contribution in [-0.4, -0.2) is 54.5 Å². The van der Waals surface area contributed by atoms with E-state index in [1.54, 1.807) is 18.2 Å². The average molecular weight is 418 g/mol. The first kappa shape index (κ1) is 20.3. The lowest BCUT2D eigenvalue weighted by molar-refractivity contribution is -0.0327. The molecule has 0 spiro atoms. The molecule has 27 heavy (non-hydrogen) atoms. The molecule has 2 atom stereocenters. The maximum absolute atomic E-state index is 14.4. The number of thioether (sulfide) groups is 1. The van der Waals surface area contributed by atoms with Crippen molar-refractivity contribution in [3.63, 3.8) is 0 Å². The fourth-order valence-electron chi connectivity index (χ4n) is 3.05. The number of aliphatic hydroxyl groups excluding tert-OH is 1. The van der Waals surface area contributed by atoms with E-state index in [-0.39, 0.29) is 27.6 Å². The summed E-state index contributed by atoms with van der Waals surface area (Å²) in [6.07, 6.45) is -0.447. The molecule has 0 saturated carbocycles. The molecule has 1 aromatic heterocycles. The van der Waals surface area contributed by atoms with Crippen molar-refractivity contribution in [2.45, 2.75) is 29.0 Å². The number of benzene rings is 1. The van der Waals surface area contributed by atoms with Crippen LogP contribution in [0.5, 0.6) is 0 Å². The monoisotopic (exact) mass is 418 g/mol. The van der Waals surface area contributed by atoms with E-state index in [0.717, 1.165) is 17.9 Å². The number of fused-ring (bicyclic) bond motifs is 1. The zero-order chi connectivity index (χ0) is 19.6. The van der Waals surface area contributed by atoms with Gasteiger partial charge in [-0.05, 0) is 31.3 Å². The Bertz CT molecular complexity index is 872. The number of nitrogens with zero attached hydrogens (tertiary/aromatic N) is 1. The lowest BCUT2D eigenvalue weighted by Gasteiger charge is -2.33. The molecule has 2 aromatic rings.